The van der Waals surface area contributed by atoms with Gasteiger partial charge in [-0.3, -0.25) is 9.59 Å². The number of aryl methyl sites for hydroxylation is 1. The van der Waals surface area contributed by atoms with Gasteiger partial charge in [0, 0.05) is 34.6 Å². The van der Waals surface area contributed by atoms with Crippen molar-refractivity contribution in [2.24, 2.45) is 0 Å². The van der Waals surface area contributed by atoms with E-state index in [2.05, 4.69) is 41.7 Å². The van der Waals surface area contributed by atoms with Gasteiger partial charge in [-0.15, -0.1) is 0 Å². The molecule has 0 aliphatic rings. The molecule has 0 bridgehead atoms. The molecule has 0 aliphatic carbocycles. The summed E-state index contributed by atoms with van der Waals surface area (Å²) >= 11 is 0. The second kappa shape index (κ2) is 8.39. The molecule has 0 radical (unpaired) electrons. The van der Waals surface area contributed by atoms with E-state index in [4.69, 9.17) is 0 Å². The predicted molar refractivity (Wildman–Crippen MR) is 140 cm³/mol. The highest BCUT2D eigenvalue weighted by atomic mass is 16.1. The minimum Gasteiger partial charge on any atom is -0.370 e. The van der Waals surface area contributed by atoms with Crippen molar-refractivity contribution < 1.29 is 0 Å². The second-order valence-corrected chi connectivity index (χ2v) is 8.73. The van der Waals surface area contributed by atoms with Crippen LogP contribution in [0.3, 0.4) is 0 Å². The molecule has 2 N–H and O–H groups in total. The highest BCUT2D eigenvalue weighted by Crippen LogP contribution is 2.28. The molecule has 0 fully saturated rings. The van der Waals surface area contributed by atoms with Crippen LogP contribution in [0.5, 0.6) is 0 Å². The average Bonchev–Trinajstić information content (AvgIpc) is 2.83. The maximum atomic E-state index is 13.6. The summed E-state index contributed by atoms with van der Waals surface area (Å²) in [6, 6.07) is 15.4. The van der Waals surface area contributed by atoms with Crippen LogP contribution in [-0.2, 0) is 6.42 Å². The Labute approximate surface area is 192 Å². The summed E-state index contributed by atoms with van der Waals surface area (Å²) in [6.07, 6.45) is 2.88. The molecule has 0 aliphatic heterocycles. The summed E-state index contributed by atoms with van der Waals surface area (Å²) in [4.78, 5) is 36.2. The molecule has 2 aromatic heterocycles. The van der Waals surface area contributed by atoms with Gasteiger partial charge in [-0.2, -0.15) is 0 Å². The molecule has 5 rings (SSSR count). The lowest BCUT2D eigenvalue weighted by Gasteiger charge is -2.25. The van der Waals surface area contributed by atoms with Gasteiger partial charge in [0.25, 0.3) is 0 Å². The molecule has 5 nitrogen and oxygen atoms in total. The minimum atomic E-state index is -0.0137. The van der Waals surface area contributed by atoms with Crippen LogP contribution in [0, 0.1) is 0 Å². The largest absolute Gasteiger partial charge is 0.370 e. The number of aromatic amines is 2. The smallest absolute Gasteiger partial charge is 0.197 e. The van der Waals surface area contributed by atoms with E-state index in [1.807, 2.05) is 42.5 Å². The molecule has 0 unspecified atom stereocenters. The van der Waals surface area contributed by atoms with Gasteiger partial charge in [0.05, 0.1) is 27.8 Å². The molecule has 168 valence electrons. The first kappa shape index (κ1) is 21.3. The number of anilines is 1. The maximum absolute atomic E-state index is 13.6. The summed E-state index contributed by atoms with van der Waals surface area (Å²) in [5, 5.41) is 2.54. The van der Waals surface area contributed by atoms with Crippen molar-refractivity contribution in [2.45, 2.75) is 40.0 Å². The monoisotopic (exact) mass is 439 g/mol. The Balaban J connectivity index is 1.86. The van der Waals surface area contributed by atoms with Crippen molar-refractivity contribution in [3.8, 4) is 0 Å². The normalized spacial score (nSPS) is 11.7. The van der Waals surface area contributed by atoms with Gasteiger partial charge in [0.1, 0.15) is 0 Å². The number of benzene rings is 3. The van der Waals surface area contributed by atoms with E-state index in [-0.39, 0.29) is 10.9 Å². The molecular weight excluding hydrogens is 410 g/mol. The lowest BCUT2D eigenvalue weighted by molar-refractivity contribution is 0.747. The Kier molecular flexibility index (Phi) is 5.41. The summed E-state index contributed by atoms with van der Waals surface area (Å²) < 4.78 is 0. The lowest BCUT2D eigenvalue weighted by atomic mass is 10.0. The highest BCUT2D eigenvalue weighted by molar-refractivity contribution is 6.05. The summed E-state index contributed by atoms with van der Waals surface area (Å²) in [7, 11) is 0. The van der Waals surface area contributed by atoms with Crippen LogP contribution >= 0.6 is 0 Å². The first-order chi connectivity index (χ1) is 16.1. The Bertz CT molecular complexity index is 1620. The van der Waals surface area contributed by atoms with E-state index < -0.39 is 0 Å². The molecule has 33 heavy (non-hydrogen) atoms. The van der Waals surface area contributed by atoms with E-state index >= 15 is 0 Å². The Hall–Kier alpha value is -3.60. The molecule has 2 heterocycles. The summed E-state index contributed by atoms with van der Waals surface area (Å²) in [5.41, 5.74) is 5.18. The first-order valence-corrected chi connectivity index (χ1v) is 11.9. The van der Waals surface area contributed by atoms with E-state index in [9.17, 15) is 9.59 Å². The first-order valence-electron chi connectivity index (χ1n) is 11.9. The van der Waals surface area contributed by atoms with Gasteiger partial charge in [0.2, 0.25) is 0 Å². The zero-order chi connectivity index (χ0) is 23.1. The number of aromatic nitrogens is 2. The number of nitrogens with zero attached hydrogens (tertiary/aromatic N) is 1. The van der Waals surface area contributed by atoms with Crippen molar-refractivity contribution in [1.29, 1.82) is 0 Å². The number of hydrogen-bond acceptors (Lipinski definition) is 3. The second-order valence-electron chi connectivity index (χ2n) is 8.73. The fraction of sp³-hybridized carbons (Fsp3) is 0.286. The Morgan fingerprint density at radius 2 is 1.24 bits per heavy atom. The van der Waals surface area contributed by atoms with Crippen LogP contribution < -0.4 is 15.8 Å². The third-order valence-electron chi connectivity index (χ3n) is 6.56. The molecule has 0 amide bonds. The van der Waals surface area contributed by atoms with Gasteiger partial charge >= 0.3 is 0 Å². The van der Waals surface area contributed by atoms with Gasteiger partial charge in [-0.25, -0.2) is 0 Å². The van der Waals surface area contributed by atoms with E-state index in [1.54, 1.807) is 0 Å². The number of nitrogens with one attached hydrogen (secondary N) is 2. The molecule has 0 atom stereocenters. The van der Waals surface area contributed by atoms with Gasteiger partial charge in [0.15, 0.2) is 10.9 Å². The maximum Gasteiger partial charge on any atom is 0.197 e. The average molecular weight is 440 g/mol. The van der Waals surface area contributed by atoms with Crippen LogP contribution in [-0.4, -0.2) is 23.1 Å². The molecule has 5 aromatic rings. The van der Waals surface area contributed by atoms with E-state index in [1.165, 1.54) is 0 Å². The summed E-state index contributed by atoms with van der Waals surface area (Å²) in [6.45, 7) is 8.26. The third-order valence-corrected chi connectivity index (χ3v) is 6.56. The fourth-order valence-corrected chi connectivity index (χ4v) is 4.99. The van der Waals surface area contributed by atoms with Gasteiger partial charge < -0.3 is 14.9 Å². The zero-order valence-electron chi connectivity index (χ0n) is 19.4. The van der Waals surface area contributed by atoms with Crippen molar-refractivity contribution in [3.05, 3.63) is 74.5 Å². The number of H-pyrrole nitrogens is 2. The SMILES string of the molecule is CCCN(CCC)c1cccc2c(=O)c3cc4[nH]c5c(CC)cccc5c(=O)c4cc3[nH]c12. The number of hydrogen-bond donors (Lipinski definition) is 2. The van der Waals surface area contributed by atoms with E-state index in [0.29, 0.717) is 32.6 Å². The molecule has 0 spiro atoms. The molecule has 5 heteroatoms. The fourth-order valence-electron chi connectivity index (χ4n) is 4.99. The summed E-state index contributed by atoms with van der Waals surface area (Å²) in [5.74, 6) is 0. The van der Waals surface area contributed by atoms with Crippen LogP contribution in [0.4, 0.5) is 5.69 Å². The van der Waals surface area contributed by atoms with Crippen LogP contribution in [0.1, 0.15) is 39.2 Å². The number of rotatable bonds is 6. The van der Waals surface area contributed by atoms with Crippen molar-refractivity contribution in [3.63, 3.8) is 0 Å². The minimum absolute atomic E-state index is 0.0104. The molecule has 0 saturated carbocycles. The third kappa shape index (κ3) is 3.39. The van der Waals surface area contributed by atoms with Crippen LogP contribution in [0.25, 0.3) is 43.6 Å². The van der Waals surface area contributed by atoms with E-state index in [0.717, 1.165) is 54.6 Å². The van der Waals surface area contributed by atoms with Gasteiger partial charge in [-0.1, -0.05) is 39.0 Å². The Morgan fingerprint density at radius 1 is 0.697 bits per heavy atom. The van der Waals surface area contributed by atoms with Crippen LogP contribution in [0.15, 0.2) is 58.1 Å². The zero-order valence-corrected chi connectivity index (χ0v) is 19.4. The van der Waals surface area contributed by atoms with Crippen LogP contribution in [0.2, 0.25) is 0 Å². The number of fused-ring (bicyclic) bond motifs is 4. The molecular formula is C28H29N3O2. The predicted octanol–water partition coefficient (Wildman–Crippen LogP) is 5.86. The quantitative estimate of drug-likeness (QED) is 0.325. The topological polar surface area (TPSA) is 69.0 Å². The molecule has 0 saturated heterocycles. The highest BCUT2D eigenvalue weighted by Gasteiger charge is 2.15. The van der Waals surface area contributed by atoms with Crippen molar-refractivity contribution in [2.75, 3.05) is 18.0 Å². The van der Waals surface area contributed by atoms with Gasteiger partial charge in [-0.05, 0) is 55.2 Å². The Morgan fingerprint density at radius 3 is 1.82 bits per heavy atom. The van der Waals surface area contributed by atoms with Crippen molar-refractivity contribution in [1.82, 2.24) is 9.97 Å². The standard InChI is InChI=1S/C28H29N3O2/c1-4-13-31(14-5-2)24-12-8-11-19-26(24)30-23-16-20-22(15-21(23)28(19)33)29-25-17(6-3)9-7-10-18(25)27(20)32/h7-12,15-16H,4-6,13-14H2,1-3H3,(H,29,32)(H,30,33). The lowest BCUT2D eigenvalue weighted by Crippen LogP contribution is -2.25. The number of para-hydroxylation sites is 2. The number of pyridine rings is 2. The van der Waals surface area contributed by atoms with Crippen molar-refractivity contribution >= 4 is 49.3 Å². The molecule has 3 aromatic carbocycles.